The quantitative estimate of drug-likeness (QED) is 0.734. The molecule has 1 saturated carbocycles. The van der Waals surface area contributed by atoms with Gasteiger partial charge < -0.3 is 14.7 Å². The number of aliphatic carboxylic acids is 1. The summed E-state index contributed by atoms with van der Waals surface area (Å²) in [6.07, 6.45) is 1.44. The Balaban J connectivity index is 1.47. The minimum atomic E-state index is -0.824. The van der Waals surface area contributed by atoms with Gasteiger partial charge in [0.2, 0.25) is 5.91 Å². The Bertz CT molecular complexity index is 773. The summed E-state index contributed by atoms with van der Waals surface area (Å²) in [5, 5.41) is 8.69. The van der Waals surface area contributed by atoms with Crippen LogP contribution in [0.25, 0.3) is 0 Å². The largest absolute Gasteiger partial charge is 0.489 e. The number of rotatable bonds is 9. The van der Waals surface area contributed by atoms with Crippen molar-refractivity contribution in [1.82, 2.24) is 4.90 Å². The van der Waals surface area contributed by atoms with E-state index in [2.05, 4.69) is 0 Å². The van der Waals surface area contributed by atoms with E-state index in [1.807, 2.05) is 54.6 Å². The van der Waals surface area contributed by atoms with Crippen molar-refractivity contribution >= 4 is 11.9 Å². The molecule has 0 spiro atoms. The number of carboxylic acid groups (broad SMARTS) is 1. The number of carboxylic acids is 1. The van der Waals surface area contributed by atoms with Gasteiger partial charge in [0, 0.05) is 25.9 Å². The van der Waals surface area contributed by atoms with Crippen molar-refractivity contribution in [3.63, 3.8) is 0 Å². The number of amides is 1. The van der Waals surface area contributed by atoms with Crippen LogP contribution in [0.3, 0.4) is 0 Å². The molecule has 1 aliphatic carbocycles. The molecule has 0 radical (unpaired) electrons. The molecular formula is C22H25NO4. The van der Waals surface area contributed by atoms with Gasteiger partial charge in [-0.3, -0.25) is 9.59 Å². The molecule has 2 aromatic rings. The van der Waals surface area contributed by atoms with Crippen LogP contribution in [-0.4, -0.2) is 35.5 Å². The molecule has 27 heavy (non-hydrogen) atoms. The SMILES string of the molecule is CN(CCCC(=O)O)C(=O)C1CC1c1ccc(OCc2ccccc2)cc1. The lowest BCUT2D eigenvalue weighted by molar-refractivity contribution is -0.138. The van der Waals surface area contributed by atoms with Crippen molar-refractivity contribution in [2.45, 2.75) is 31.8 Å². The van der Waals surface area contributed by atoms with Gasteiger partial charge in [-0.05, 0) is 42.0 Å². The molecule has 2 aromatic carbocycles. The molecule has 1 N–H and O–H groups in total. The zero-order valence-corrected chi connectivity index (χ0v) is 15.5. The van der Waals surface area contributed by atoms with Crippen molar-refractivity contribution in [2.24, 2.45) is 5.92 Å². The third-order valence-electron chi connectivity index (χ3n) is 4.92. The second-order valence-electron chi connectivity index (χ2n) is 7.05. The topological polar surface area (TPSA) is 66.8 Å². The lowest BCUT2D eigenvalue weighted by Crippen LogP contribution is -2.29. The second-order valence-corrected chi connectivity index (χ2v) is 7.05. The Morgan fingerprint density at radius 2 is 1.81 bits per heavy atom. The van der Waals surface area contributed by atoms with E-state index in [0.29, 0.717) is 19.6 Å². The van der Waals surface area contributed by atoms with Gasteiger partial charge in [-0.15, -0.1) is 0 Å². The molecule has 5 nitrogen and oxygen atoms in total. The molecular weight excluding hydrogens is 342 g/mol. The summed E-state index contributed by atoms with van der Waals surface area (Å²) in [4.78, 5) is 24.7. The number of nitrogens with zero attached hydrogens (tertiary/aromatic N) is 1. The van der Waals surface area contributed by atoms with Gasteiger partial charge >= 0.3 is 5.97 Å². The molecule has 0 heterocycles. The smallest absolute Gasteiger partial charge is 0.303 e. The summed E-state index contributed by atoms with van der Waals surface area (Å²) in [7, 11) is 1.75. The average Bonchev–Trinajstić information content (AvgIpc) is 3.47. The first kappa shape index (κ1) is 19.0. The monoisotopic (exact) mass is 367 g/mol. The highest BCUT2D eigenvalue weighted by molar-refractivity contribution is 5.82. The summed E-state index contributed by atoms with van der Waals surface area (Å²) in [5.41, 5.74) is 2.28. The maximum atomic E-state index is 12.4. The molecule has 0 aromatic heterocycles. The number of hydrogen-bond acceptors (Lipinski definition) is 3. The number of carbonyl (C=O) groups excluding carboxylic acids is 1. The predicted molar refractivity (Wildman–Crippen MR) is 103 cm³/mol. The number of ether oxygens (including phenoxy) is 1. The summed E-state index contributed by atoms with van der Waals surface area (Å²) < 4.78 is 5.80. The lowest BCUT2D eigenvalue weighted by atomic mass is 10.1. The van der Waals surface area contributed by atoms with E-state index >= 15 is 0 Å². The van der Waals surface area contributed by atoms with Crippen molar-refractivity contribution < 1.29 is 19.4 Å². The lowest BCUT2D eigenvalue weighted by Gasteiger charge is -2.16. The first-order chi connectivity index (χ1) is 13.0. The fourth-order valence-corrected chi connectivity index (χ4v) is 3.25. The molecule has 0 saturated heterocycles. The van der Waals surface area contributed by atoms with Gasteiger partial charge in [0.1, 0.15) is 12.4 Å². The van der Waals surface area contributed by atoms with Gasteiger partial charge in [0.15, 0.2) is 0 Å². The van der Waals surface area contributed by atoms with E-state index in [4.69, 9.17) is 9.84 Å². The third kappa shape index (κ3) is 5.33. The summed E-state index contributed by atoms with van der Waals surface area (Å²) >= 11 is 0. The Hall–Kier alpha value is -2.82. The Labute approximate surface area is 159 Å². The zero-order valence-electron chi connectivity index (χ0n) is 15.5. The Kier molecular flexibility index (Phi) is 6.12. The van der Waals surface area contributed by atoms with Crippen molar-refractivity contribution in [3.05, 3.63) is 65.7 Å². The van der Waals surface area contributed by atoms with Gasteiger partial charge in [-0.2, -0.15) is 0 Å². The molecule has 1 amide bonds. The van der Waals surface area contributed by atoms with E-state index in [1.54, 1.807) is 11.9 Å². The number of benzene rings is 2. The van der Waals surface area contributed by atoms with Crippen LogP contribution in [0.2, 0.25) is 0 Å². The zero-order chi connectivity index (χ0) is 19.2. The highest BCUT2D eigenvalue weighted by atomic mass is 16.5. The maximum absolute atomic E-state index is 12.4. The second kappa shape index (κ2) is 8.71. The molecule has 142 valence electrons. The minimum absolute atomic E-state index is 0.0101. The van der Waals surface area contributed by atoms with Crippen molar-refractivity contribution in [3.8, 4) is 5.75 Å². The van der Waals surface area contributed by atoms with Crippen LogP contribution in [0.4, 0.5) is 0 Å². The van der Waals surface area contributed by atoms with E-state index in [-0.39, 0.29) is 24.2 Å². The fraction of sp³-hybridized carbons (Fsp3) is 0.364. The van der Waals surface area contributed by atoms with Crippen LogP contribution in [0.15, 0.2) is 54.6 Å². The Morgan fingerprint density at radius 1 is 1.11 bits per heavy atom. The van der Waals surface area contributed by atoms with E-state index in [9.17, 15) is 9.59 Å². The van der Waals surface area contributed by atoms with Crippen LogP contribution < -0.4 is 4.74 Å². The predicted octanol–water partition coefficient (Wildman–Crippen LogP) is 3.69. The Morgan fingerprint density at radius 3 is 2.48 bits per heavy atom. The van der Waals surface area contributed by atoms with Crippen LogP contribution in [-0.2, 0) is 16.2 Å². The highest BCUT2D eigenvalue weighted by Crippen LogP contribution is 2.48. The van der Waals surface area contributed by atoms with Gasteiger partial charge in [0.05, 0.1) is 0 Å². The minimum Gasteiger partial charge on any atom is -0.489 e. The van der Waals surface area contributed by atoms with Gasteiger partial charge in [-0.1, -0.05) is 42.5 Å². The standard InChI is InChI=1S/C22H25NO4/c1-23(13-5-8-21(24)25)22(26)20-14-19(20)17-9-11-18(12-10-17)27-15-16-6-3-2-4-7-16/h2-4,6-7,9-12,19-20H,5,8,13-15H2,1H3,(H,24,25). The molecule has 2 unspecified atom stereocenters. The van der Waals surface area contributed by atoms with Crippen LogP contribution in [0.5, 0.6) is 5.75 Å². The number of hydrogen-bond donors (Lipinski definition) is 1. The highest BCUT2D eigenvalue weighted by Gasteiger charge is 2.45. The van der Waals surface area contributed by atoms with E-state index in [0.717, 1.165) is 23.3 Å². The van der Waals surface area contributed by atoms with Crippen LogP contribution >= 0.6 is 0 Å². The molecule has 2 atom stereocenters. The first-order valence-corrected chi connectivity index (χ1v) is 9.28. The van der Waals surface area contributed by atoms with Crippen molar-refractivity contribution in [2.75, 3.05) is 13.6 Å². The fourth-order valence-electron chi connectivity index (χ4n) is 3.25. The molecule has 0 aliphatic heterocycles. The first-order valence-electron chi connectivity index (χ1n) is 9.28. The number of carbonyl (C=O) groups is 2. The van der Waals surface area contributed by atoms with Gasteiger partial charge in [-0.25, -0.2) is 0 Å². The van der Waals surface area contributed by atoms with E-state index in [1.165, 1.54) is 0 Å². The average molecular weight is 367 g/mol. The van der Waals surface area contributed by atoms with Crippen LogP contribution in [0.1, 0.15) is 36.3 Å². The summed E-state index contributed by atoms with van der Waals surface area (Å²) in [5.74, 6) is 0.361. The normalized spacial score (nSPS) is 18.0. The molecule has 0 bridgehead atoms. The summed E-state index contributed by atoms with van der Waals surface area (Å²) in [6, 6.07) is 18.0. The maximum Gasteiger partial charge on any atom is 0.303 e. The molecule has 1 aliphatic rings. The van der Waals surface area contributed by atoms with E-state index < -0.39 is 5.97 Å². The summed E-state index contributed by atoms with van der Waals surface area (Å²) in [6.45, 7) is 1.02. The third-order valence-corrected chi connectivity index (χ3v) is 4.92. The molecule has 1 fully saturated rings. The molecule has 3 rings (SSSR count). The van der Waals surface area contributed by atoms with Gasteiger partial charge in [0.25, 0.3) is 0 Å². The van der Waals surface area contributed by atoms with Crippen molar-refractivity contribution in [1.29, 1.82) is 0 Å². The molecule has 5 heteroatoms. The van der Waals surface area contributed by atoms with Crippen LogP contribution in [0, 0.1) is 5.92 Å².